The maximum absolute atomic E-state index is 9.89. The van der Waals surface area contributed by atoms with Crippen LogP contribution in [-0.4, -0.2) is 5.91 Å². The number of nitrogens with one attached hydrogen (secondary N) is 1. The zero-order chi connectivity index (χ0) is 5.70. The van der Waals surface area contributed by atoms with Crippen LogP contribution in [0.3, 0.4) is 0 Å². The van der Waals surface area contributed by atoms with Gasteiger partial charge in [-0.05, 0) is 0 Å². The van der Waals surface area contributed by atoms with Gasteiger partial charge in [0.2, 0.25) is 0 Å². The normalized spacial score (nSPS) is 6.43. The summed E-state index contributed by atoms with van der Waals surface area (Å²) >= 11 is 0. The van der Waals surface area contributed by atoms with Crippen molar-refractivity contribution in [1.82, 2.24) is 5.32 Å². The molecule has 0 aliphatic heterocycles. The predicted molar refractivity (Wildman–Crippen MR) is 25.3 cm³/mol. The molecule has 0 aromatic rings. The fourth-order valence-corrected chi connectivity index (χ4v) is 0.305. The number of amides is 1. The first-order chi connectivity index (χ1) is 3.27. The zero-order valence-corrected chi connectivity index (χ0v) is 4.66. The van der Waals surface area contributed by atoms with Crippen LogP contribution in [0.1, 0.15) is 6.92 Å². The van der Waals surface area contributed by atoms with E-state index in [-0.39, 0.29) is 13.8 Å². The van der Waals surface area contributed by atoms with Crippen molar-refractivity contribution in [3.8, 4) is 5.75 Å². The monoisotopic (exact) mass is 117 g/mol. The van der Waals surface area contributed by atoms with Crippen molar-refractivity contribution in [3.05, 3.63) is 0 Å². The first-order valence-corrected chi connectivity index (χ1v) is 2.42. The molecule has 4 heteroatoms. The topological polar surface area (TPSA) is 46.2 Å². The summed E-state index contributed by atoms with van der Waals surface area (Å²) in [6.07, 6.45) is 0. The van der Waals surface area contributed by atoms with E-state index in [1.807, 2.05) is 0 Å². The van der Waals surface area contributed by atoms with E-state index in [4.69, 9.17) is 0 Å². The van der Waals surface area contributed by atoms with Crippen molar-refractivity contribution in [3.63, 3.8) is 0 Å². The van der Waals surface area contributed by atoms with Crippen LogP contribution in [0.15, 0.2) is 0 Å². The first-order valence-electron chi connectivity index (χ1n) is 1.61. The summed E-state index contributed by atoms with van der Waals surface area (Å²) in [6.45, 7) is 1.32. The molecule has 0 aliphatic carbocycles. The molecule has 0 unspecified atom stereocenters. The number of carbonyl (C=O) groups excluding carboxylic acids is 1. The number of hydrogen-bond acceptors (Lipinski definition) is 2. The van der Waals surface area contributed by atoms with E-state index in [9.17, 15) is 9.36 Å². The Hall–Kier alpha value is -0.520. The Kier molecular flexibility index (Phi) is 3.39. The van der Waals surface area contributed by atoms with E-state index in [2.05, 4.69) is 11.1 Å². The molecule has 0 aromatic carbocycles. The van der Waals surface area contributed by atoms with Gasteiger partial charge in [0, 0.05) is 0 Å². The van der Waals surface area contributed by atoms with Crippen LogP contribution in [0.5, 0.6) is 0 Å². The third-order valence-electron chi connectivity index (χ3n) is 0.278. The molecular weight excluding hydrogens is 113 g/mol. The molecule has 0 heterocycles. The summed E-state index contributed by atoms with van der Waals surface area (Å²) in [5, 5.41) is 2.08. The van der Waals surface area contributed by atoms with Gasteiger partial charge in [-0.1, -0.05) is 0 Å². The van der Waals surface area contributed by atoms with Gasteiger partial charge in [0.15, 0.2) is 0 Å². The van der Waals surface area contributed by atoms with E-state index in [1.54, 1.807) is 0 Å². The molecule has 0 aliphatic rings. The molecule has 1 amide bonds. The fourth-order valence-electron chi connectivity index (χ4n) is 0.102. The molecule has 0 fully saturated rings. The van der Waals surface area contributed by atoms with Crippen molar-refractivity contribution >= 4 is 13.8 Å². The van der Waals surface area contributed by atoms with Crippen LogP contribution in [0, 0.1) is 5.75 Å². The average molecular weight is 117 g/mol. The van der Waals surface area contributed by atoms with Crippen LogP contribution < -0.4 is 5.32 Å². The maximum atomic E-state index is 9.89. The Morgan fingerprint density at radius 3 is 2.57 bits per heavy atom. The third-order valence-corrected chi connectivity index (χ3v) is 0.481. The Morgan fingerprint density at radius 2 is 2.43 bits per heavy atom. The Balaban J connectivity index is 3.47. The molecule has 0 spiro atoms. The second kappa shape index (κ2) is 3.66. The van der Waals surface area contributed by atoms with Gasteiger partial charge < -0.3 is 0 Å². The first kappa shape index (κ1) is 6.48. The van der Waals surface area contributed by atoms with Gasteiger partial charge in [0.25, 0.3) is 0 Å². The molecule has 0 saturated carbocycles. The predicted octanol–water partition coefficient (Wildman–Crippen LogP) is 0.331. The Labute approximate surface area is 42.2 Å². The minimum absolute atomic E-state index is 0.261. The quantitative estimate of drug-likeness (QED) is 0.367. The summed E-state index contributed by atoms with van der Waals surface area (Å²) in [7, 11) is -0.292. The van der Waals surface area contributed by atoms with Crippen molar-refractivity contribution < 1.29 is 9.36 Å². The molecule has 7 heavy (non-hydrogen) atoms. The van der Waals surface area contributed by atoms with E-state index in [0.29, 0.717) is 0 Å². The average Bonchev–Trinajstić information content (AvgIpc) is 1.61. The van der Waals surface area contributed by atoms with Gasteiger partial charge in [-0.15, -0.1) is 0 Å². The van der Waals surface area contributed by atoms with Crippen LogP contribution >= 0.6 is 7.92 Å². The summed E-state index contributed by atoms with van der Waals surface area (Å²) in [6, 6.07) is 0. The van der Waals surface area contributed by atoms with Gasteiger partial charge in [-0.3, -0.25) is 0 Å². The molecule has 0 radical (unpaired) electrons. The zero-order valence-electron chi connectivity index (χ0n) is 3.76. The number of rotatable bonds is 0. The second-order valence-corrected chi connectivity index (χ2v) is 1.29. The van der Waals surface area contributed by atoms with Crippen molar-refractivity contribution in [1.29, 1.82) is 0 Å². The van der Waals surface area contributed by atoms with Crippen LogP contribution in [0.25, 0.3) is 0 Å². The van der Waals surface area contributed by atoms with Gasteiger partial charge in [0.05, 0.1) is 0 Å². The summed E-state index contributed by atoms with van der Waals surface area (Å²) in [4.78, 5) is 9.89. The van der Waals surface area contributed by atoms with E-state index >= 15 is 0 Å². The SMILES string of the molecule is CC(=O)NC#P=O. The molecule has 38 valence electrons. The summed E-state index contributed by atoms with van der Waals surface area (Å²) in [5.74, 6) is 1.80. The van der Waals surface area contributed by atoms with Gasteiger partial charge >= 0.3 is 41.2 Å². The van der Waals surface area contributed by atoms with Crippen molar-refractivity contribution in [2.45, 2.75) is 6.92 Å². The van der Waals surface area contributed by atoms with Gasteiger partial charge in [0.1, 0.15) is 0 Å². The van der Waals surface area contributed by atoms with E-state index in [1.165, 1.54) is 6.92 Å². The van der Waals surface area contributed by atoms with E-state index in [0.717, 1.165) is 0 Å². The molecule has 1 N–H and O–H groups in total. The van der Waals surface area contributed by atoms with Crippen molar-refractivity contribution in [2.75, 3.05) is 0 Å². The molecule has 0 bridgehead atoms. The molecule has 0 rings (SSSR count). The molecular formula is C3H4NO2P. The van der Waals surface area contributed by atoms with Gasteiger partial charge in [-0.2, -0.15) is 0 Å². The van der Waals surface area contributed by atoms with Crippen LogP contribution in [-0.2, 0) is 9.36 Å². The number of carbonyl (C=O) groups is 1. The molecule has 0 saturated heterocycles. The summed E-state index contributed by atoms with van der Waals surface area (Å²) < 4.78 is 9.48. The molecule has 0 aromatic heterocycles. The Morgan fingerprint density at radius 1 is 1.86 bits per heavy atom. The van der Waals surface area contributed by atoms with Crippen molar-refractivity contribution in [2.24, 2.45) is 0 Å². The fraction of sp³-hybridized carbons (Fsp3) is 0.333. The summed E-state index contributed by atoms with van der Waals surface area (Å²) in [5.41, 5.74) is 0. The minimum atomic E-state index is -0.292. The standard InChI is InChI=1S/C3H4NO2P/c1-3(5)4-2-7-6/h1H3,(H,4,5). The molecule has 0 atom stereocenters. The van der Waals surface area contributed by atoms with Crippen LogP contribution in [0.2, 0.25) is 0 Å². The van der Waals surface area contributed by atoms with Gasteiger partial charge in [-0.25, -0.2) is 0 Å². The molecule has 3 nitrogen and oxygen atoms in total. The van der Waals surface area contributed by atoms with E-state index < -0.39 is 0 Å². The third kappa shape index (κ3) is 5.48. The number of hydrogen-bond donors (Lipinski definition) is 1. The second-order valence-electron chi connectivity index (χ2n) is 0.884. The Bertz CT molecular complexity index is 157. The van der Waals surface area contributed by atoms with Crippen LogP contribution in [0.4, 0.5) is 0 Å².